The third-order valence-corrected chi connectivity index (χ3v) is 1.49. The Bertz CT molecular complexity index is 217. The van der Waals surface area contributed by atoms with Gasteiger partial charge in [-0.2, -0.15) is 0 Å². The number of hydrogen-bond acceptors (Lipinski definition) is 1. The number of hydrogen-bond donors (Lipinski definition) is 0. The Hall–Kier alpha value is -0.980. The molecule has 1 heteroatoms. The summed E-state index contributed by atoms with van der Waals surface area (Å²) >= 11 is 0. The van der Waals surface area contributed by atoms with E-state index in [1.165, 1.54) is 11.1 Å². The average molecular weight is 150 g/mol. The van der Waals surface area contributed by atoms with E-state index in [9.17, 15) is 0 Å². The molecule has 60 valence electrons. The maximum absolute atomic E-state index is 5.33. The molecule has 1 nitrogen and oxygen atoms in total. The van der Waals surface area contributed by atoms with Crippen molar-refractivity contribution in [1.82, 2.24) is 0 Å². The molecule has 0 amide bonds. The SMILES string of the molecule is CC(C)=C[C@H]1C=C(C)C=CO1. The van der Waals surface area contributed by atoms with E-state index in [0.29, 0.717) is 0 Å². The minimum Gasteiger partial charge on any atom is -0.490 e. The van der Waals surface area contributed by atoms with E-state index >= 15 is 0 Å². The monoisotopic (exact) mass is 150 g/mol. The molecule has 0 saturated heterocycles. The zero-order chi connectivity index (χ0) is 8.27. The summed E-state index contributed by atoms with van der Waals surface area (Å²) in [6, 6.07) is 0. The Morgan fingerprint density at radius 3 is 2.82 bits per heavy atom. The highest BCUT2D eigenvalue weighted by Crippen LogP contribution is 2.11. The molecule has 1 heterocycles. The highest BCUT2D eigenvalue weighted by Gasteiger charge is 2.03. The van der Waals surface area contributed by atoms with Gasteiger partial charge in [0.15, 0.2) is 0 Å². The summed E-state index contributed by atoms with van der Waals surface area (Å²) in [4.78, 5) is 0. The lowest BCUT2D eigenvalue weighted by Crippen LogP contribution is -2.06. The molecule has 0 aromatic rings. The first-order chi connectivity index (χ1) is 5.18. The molecule has 0 fully saturated rings. The Morgan fingerprint density at radius 1 is 1.55 bits per heavy atom. The molecule has 1 aliphatic heterocycles. The lowest BCUT2D eigenvalue weighted by Gasteiger charge is -2.13. The predicted octanol–water partition coefficient (Wildman–Crippen LogP) is 2.81. The van der Waals surface area contributed by atoms with Gasteiger partial charge in [0.05, 0.1) is 6.26 Å². The molecular weight excluding hydrogens is 136 g/mol. The molecule has 1 rings (SSSR count). The molecule has 0 spiro atoms. The zero-order valence-corrected chi connectivity index (χ0v) is 7.29. The number of rotatable bonds is 1. The lowest BCUT2D eigenvalue weighted by molar-refractivity contribution is 0.222. The van der Waals surface area contributed by atoms with Gasteiger partial charge in [0, 0.05) is 0 Å². The molecule has 0 aliphatic carbocycles. The molecular formula is C10H14O. The van der Waals surface area contributed by atoms with E-state index in [0.717, 1.165) is 0 Å². The number of ether oxygens (including phenoxy) is 1. The van der Waals surface area contributed by atoms with Crippen molar-refractivity contribution in [2.75, 3.05) is 0 Å². The highest BCUT2D eigenvalue weighted by molar-refractivity contribution is 5.23. The zero-order valence-electron chi connectivity index (χ0n) is 7.29. The fraction of sp³-hybridized carbons (Fsp3) is 0.400. The lowest BCUT2D eigenvalue weighted by atomic mass is 10.1. The molecule has 1 aliphatic rings. The Labute approximate surface area is 68.1 Å². The van der Waals surface area contributed by atoms with Crippen molar-refractivity contribution in [3.63, 3.8) is 0 Å². The van der Waals surface area contributed by atoms with Crippen LogP contribution in [0, 0.1) is 0 Å². The van der Waals surface area contributed by atoms with Gasteiger partial charge in [-0.15, -0.1) is 0 Å². The van der Waals surface area contributed by atoms with Gasteiger partial charge in [-0.05, 0) is 44.6 Å². The topological polar surface area (TPSA) is 9.23 Å². The second-order valence-electron chi connectivity index (χ2n) is 3.06. The third-order valence-electron chi connectivity index (χ3n) is 1.49. The summed E-state index contributed by atoms with van der Waals surface area (Å²) in [5.41, 5.74) is 2.55. The van der Waals surface area contributed by atoms with E-state index in [1.807, 2.05) is 6.08 Å². The fourth-order valence-electron chi connectivity index (χ4n) is 1.01. The van der Waals surface area contributed by atoms with Gasteiger partial charge in [0.1, 0.15) is 6.10 Å². The maximum Gasteiger partial charge on any atom is 0.135 e. The van der Waals surface area contributed by atoms with Gasteiger partial charge in [0.2, 0.25) is 0 Å². The van der Waals surface area contributed by atoms with Crippen LogP contribution >= 0.6 is 0 Å². The quantitative estimate of drug-likeness (QED) is 0.522. The minimum atomic E-state index is 0.144. The molecule has 0 unspecified atom stereocenters. The second-order valence-corrected chi connectivity index (χ2v) is 3.06. The summed E-state index contributed by atoms with van der Waals surface area (Å²) in [5.74, 6) is 0. The van der Waals surface area contributed by atoms with E-state index < -0.39 is 0 Å². The van der Waals surface area contributed by atoms with Crippen LogP contribution in [-0.2, 0) is 4.74 Å². The normalized spacial score (nSPS) is 22.1. The van der Waals surface area contributed by atoms with Gasteiger partial charge >= 0.3 is 0 Å². The molecule has 1 atom stereocenters. The van der Waals surface area contributed by atoms with Gasteiger partial charge in [-0.1, -0.05) is 5.57 Å². The van der Waals surface area contributed by atoms with Gasteiger partial charge in [0.25, 0.3) is 0 Å². The van der Waals surface area contributed by atoms with Crippen LogP contribution in [0.2, 0.25) is 0 Å². The Balaban J connectivity index is 2.64. The summed E-state index contributed by atoms with van der Waals surface area (Å²) in [7, 11) is 0. The van der Waals surface area contributed by atoms with Gasteiger partial charge < -0.3 is 4.74 Å². The summed E-state index contributed by atoms with van der Waals surface area (Å²) < 4.78 is 5.33. The third kappa shape index (κ3) is 2.62. The van der Waals surface area contributed by atoms with Crippen molar-refractivity contribution >= 4 is 0 Å². The Kier molecular flexibility index (Phi) is 2.53. The van der Waals surface area contributed by atoms with Gasteiger partial charge in [-0.25, -0.2) is 0 Å². The molecule has 11 heavy (non-hydrogen) atoms. The number of allylic oxidation sites excluding steroid dienone is 3. The molecule has 0 aromatic heterocycles. The van der Waals surface area contributed by atoms with E-state index in [1.54, 1.807) is 6.26 Å². The summed E-state index contributed by atoms with van der Waals surface area (Å²) in [6.07, 6.45) is 8.07. The minimum absolute atomic E-state index is 0.144. The van der Waals surface area contributed by atoms with Gasteiger partial charge in [-0.3, -0.25) is 0 Å². The van der Waals surface area contributed by atoms with Crippen molar-refractivity contribution in [1.29, 1.82) is 0 Å². The first-order valence-corrected chi connectivity index (χ1v) is 3.84. The average Bonchev–Trinajstić information content (AvgIpc) is 1.85. The Morgan fingerprint density at radius 2 is 2.27 bits per heavy atom. The fourth-order valence-corrected chi connectivity index (χ4v) is 1.01. The van der Waals surface area contributed by atoms with Crippen LogP contribution in [0.4, 0.5) is 0 Å². The molecule has 0 radical (unpaired) electrons. The summed E-state index contributed by atoms with van der Waals surface area (Å²) in [5, 5.41) is 0. The van der Waals surface area contributed by atoms with Crippen LogP contribution in [0.25, 0.3) is 0 Å². The summed E-state index contributed by atoms with van der Waals surface area (Å²) in [6.45, 7) is 6.22. The van der Waals surface area contributed by atoms with Crippen LogP contribution in [0.5, 0.6) is 0 Å². The predicted molar refractivity (Wildman–Crippen MR) is 47.2 cm³/mol. The van der Waals surface area contributed by atoms with E-state index in [4.69, 9.17) is 4.74 Å². The van der Waals surface area contributed by atoms with Crippen molar-refractivity contribution in [3.05, 3.63) is 35.6 Å². The standard InChI is InChI=1S/C10H14O/c1-8(2)6-10-7-9(3)4-5-11-10/h4-7,10H,1-3H3/t10-/m0/s1. The van der Waals surface area contributed by atoms with Crippen LogP contribution in [0.1, 0.15) is 20.8 Å². The van der Waals surface area contributed by atoms with Crippen LogP contribution in [-0.4, -0.2) is 6.10 Å². The molecule has 0 N–H and O–H groups in total. The van der Waals surface area contributed by atoms with E-state index in [-0.39, 0.29) is 6.10 Å². The molecule has 0 bridgehead atoms. The van der Waals surface area contributed by atoms with Crippen molar-refractivity contribution in [3.8, 4) is 0 Å². The first-order valence-electron chi connectivity index (χ1n) is 3.84. The van der Waals surface area contributed by atoms with Crippen LogP contribution < -0.4 is 0 Å². The van der Waals surface area contributed by atoms with Crippen molar-refractivity contribution in [2.24, 2.45) is 0 Å². The second kappa shape index (κ2) is 3.42. The first kappa shape index (κ1) is 8.12. The van der Waals surface area contributed by atoms with Crippen molar-refractivity contribution < 1.29 is 4.74 Å². The maximum atomic E-state index is 5.33. The molecule has 0 saturated carbocycles. The smallest absolute Gasteiger partial charge is 0.135 e. The largest absolute Gasteiger partial charge is 0.490 e. The van der Waals surface area contributed by atoms with Crippen molar-refractivity contribution in [2.45, 2.75) is 26.9 Å². The van der Waals surface area contributed by atoms with Crippen LogP contribution in [0.3, 0.4) is 0 Å². The van der Waals surface area contributed by atoms with E-state index in [2.05, 4.69) is 32.9 Å². The molecule has 0 aromatic carbocycles. The highest BCUT2D eigenvalue weighted by atomic mass is 16.5. The van der Waals surface area contributed by atoms with Crippen LogP contribution in [0.15, 0.2) is 35.6 Å².